The zero-order valence-electron chi connectivity index (χ0n) is 16.9. The Kier molecular flexibility index (Phi) is 5.57. The Hall–Kier alpha value is -3.16. The van der Waals surface area contributed by atoms with Gasteiger partial charge in [-0.3, -0.25) is 4.90 Å². The van der Waals surface area contributed by atoms with E-state index in [0.29, 0.717) is 4.90 Å². The second-order valence-electron chi connectivity index (χ2n) is 7.42. The Bertz CT molecular complexity index is 1250. The number of hydrogen-bond acceptors (Lipinski definition) is 5. The molecule has 0 saturated carbocycles. The minimum Gasteiger partial charge on any atom is -0.457 e. The van der Waals surface area contributed by atoms with Gasteiger partial charge in [-0.1, -0.05) is 24.3 Å². The first-order valence-electron chi connectivity index (χ1n) is 9.54. The topological polar surface area (TPSA) is 75.3 Å². The first-order chi connectivity index (χ1) is 14.4. The molecule has 4 aromatic rings. The van der Waals surface area contributed by atoms with Crippen molar-refractivity contribution in [3.05, 3.63) is 84.2 Å². The molecule has 0 aliphatic carbocycles. The van der Waals surface area contributed by atoms with Crippen LogP contribution in [0.1, 0.15) is 11.1 Å². The van der Waals surface area contributed by atoms with Gasteiger partial charge in [0.25, 0.3) is 0 Å². The molecule has 4 rings (SSSR count). The van der Waals surface area contributed by atoms with Crippen LogP contribution in [0.4, 0.5) is 0 Å². The SMILES string of the molecule is CN(Cc1ccc(Oc2ccc3nc[nH]c3c2)cc1)Cc1ccc(S(C)(=O)=O)cc1. The number of H-pyrrole nitrogens is 1. The van der Waals surface area contributed by atoms with Gasteiger partial charge in [0, 0.05) is 25.4 Å². The number of sulfone groups is 1. The first-order valence-corrected chi connectivity index (χ1v) is 11.4. The first kappa shape index (κ1) is 20.1. The van der Waals surface area contributed by atoms with Gasteiger partial charge in [-0.05, 0) is 54.6 Å². The zero-order valence-corrected chi connectivity index (χ0v) is 17.7. The summed E-state index contributed by atoms with van der Waals surface area (Å²) in [6.45, 7) is 1.50. The zero-order chi connectivity index (χ0) is 21.1. The summed E-state index contributed by atoms with van der Waals surface area (Å²) in [6, 6.07) is 20.8. The van der Waals surface area contributed by atoms with Crippen molar-refractivity contribution in [1.82, 2.24) is 14.9 Å². The van der Waals surface area contributed by atoms with Gasteiger partial charge in [0.1, 0.15) is 11.5 Å². The monoisotopic (exact) mass is 421 g/mol. The number of imidazole rings is 1. The Morgan fingerprint density at radius 2 is 1.50 bits per heavy atom. The van der Waals surface area contributed by atoms with Crippen LogP contribution in [0.15, 0.2) is 78.0 Å². The fourth-order valence-corrected chi connectivity index (χ4v) is 3.93. The molecule has 3 aromatic carbocycles. The number of hydrogen-bond donors (Lipinski definition) is 1. The molecular formula is C23H23N3O3S. The molecule has 0 radical (unpaired) electrons. The van der Waals surface area contributed by atoms with E-state index in [2.05, 4.69) is 14.9 Å². The summed E-state index contributed by atoms with van der Waals surface area (Å²) in [5.41, 5.74) is 4.09. The predicted molar refractivity (Wildman–Crippen MR) is 117 cm³/mol. The van der Waals surface area contributed by atoms with Crippen LogP contribution < -0.4 is 4.74 Å². The fourth-order valence-electron chi connectivity index (χ4n) is 3.30. The van der Waals surface area contributed by atoms with E-state index in [4.69, 9.17) is 4.74 Å². The molecule has 0 unspecified atom stereocenters. The lowest BCUT2D eigenvalue weighted by Gasteiger charge is -2.17. The number of nitrogens with zero attached hydrogens (tertiary/aromatic N) is 2. The number of aromatic amines is 1. The van der Waals surface area contributed by atoms with Gasteiger partial charge in [-0.2, -0.15) is 0 Å². The second kappa shape index (κ2) is 8.30. The van der Waals surface area contributed by atoms with Crippen molar-refractivity contribution in [2.75, 3.05) is 13.3 Å². The number of nitrogens with one attached hydrogen (secondary N) is 1. The summed E-state index contributed by atoms with van der Waals surface area (Å²) in [5, 5.41) is 0. The molecule has 1 aromatic heterocycles. The van der Waals surface area contributed by atoms with E-state index in [9.17, 15) is 8.42 Å². The largest absolute Gasteiger partial charge is 0.457 e. The van der Waals surface area contributed by atoms with Crippen LogP contribution in [-0.4, -0.2) is 36.6 Å². The average molecular weight is 422 g/mol. The van der Waals surface area contributed by atoms with Crippen LogP contribution >= 0.6 is 0 Å². The third kappa shape index (κ3) is 4.87. The van der Waals surface area contributed by atoms with E-state index < -0.39 is 9.84 Å². The van der Waals surface area contributed by atoms with Crippen molar-refractivity contribution in [2.45, 2.75) is 18.0 Å². The number of aromatic nitrogens is 2. The van der Waals surface area contributed by atoms with Gasteiger partial charge in [0.15, 0.2) is 9.84 Å². The highest BCUT2D eigenvalue weighted by atomic mass is 32.2. The van der Waals surface area contributed by atoms with Crippen molar-refractivity contribution < 1.29 is 13.2 Å². The van der Waals surface area contributed by atoms with Crippen molar-refractivity contribution in [1.29, 1.82) is 0 Å². The lowest BCUT2D eigenvalue weighted by Crippen LogP contribution is -2.17. The molecule has 30 heavy (non-hydrogen) atoms. The molecule has 0 amide bonds. The minimum absolute atomic E-state index is 0.344. The minimum atomic E-state index is -3.16. The summed E-state index contributed by atoms with van der Waals surface area (Å²) >= 11 is 0. The van der Waals surface area contributed by atoms with E-state index in [0.717, 1.165) is 41.2 Å². The normalized spacial score (nSPS) is 11.8. The summed E-state index contributed by atoms with van der Waals surface area (Å²) < 4.78 is 29.1. The van der Waals surface area contributed by atoms with Crippen molar-refractivity contribution in [3.8, 4) is 11.5 Å². The highest BCUT2D eigenvalue weighted by Crippen LogP contribution is 2.25. The highest BCUT2D eigenvalue weighted by molar-refractivity contribution is 7.90. The number of rotatable bonds is 7. The van der Waals surface area contributed by atoms with Gasteiger partial charge in [-0.15, -0.1) is 0 Å². The molecule has 1 heterocycles. The van der Waals surface area contributed by atoms with Crippen molar-refractivity contribution in [3.63, 3.8) is 0 Å². The lowest BCUT2D eigenvalue weighted by molar-refractivity contribution is 0.319. The summed E-state index contributed by atoms with van der Waals surface area (Å²) in [5.74, 6) is 1.53. The van der Waals surface area contributed by atoms with Gasteiger partial charge < -0.3 is 9.72 Å². The third-order valence-corrected chi connectivity index (χ3v) is 5.94. The maximum absolute atomic E-state index is 11.6. The standard InChI is InChI=1S/C23H23N3O3S/c1-26(15-18-5-10-21(11-6-18)30(2,27)28)14-17-3-7-19(8-4-17)29-20-9-12-22-23(13-20)25-16-24-22/h3-13,16H,14-15H2,1-2H3,(H,24,25). The molecule has 6 nitrogen and oxygen atoms in total. The summed E-state index contributed by atoms with van der Waals surface area (Å²) in [4.78, 5) is 9.81. The van der Waals surface area contributed by atoms with Gasteiger partial charge in [0.2, 0.25) is 0 Å². The Morgan fingerprint density at radius 1 is 0.900 bits per heavy atom. The Morgan fingerprint density at radius 3 is 2.13 bits per heavy atom. The highest BCUT2D eigenvalue weighted by Gasteiger charge is 2.08. The van der Waals surface area contributed by atoms with Crippen LogP contribution in [0.3, 0.4) is 0 Å². The molecule has 0 aliphatic rings. The third-order valence-electron chi connectivity index (χ3n) is 4.81. The van der Waals surface area contributed by atoms with Crippen molar-refractivity contribution in [2.24, 2.45) is 0 Å². The molecule has 0 spiro atoms. The van der Waals surface area contributed by atoms with Crippen molar-refractivity contribution >= 4 is 20.9 Å². The second-order valence-corrected chi connectivity index (χ2v) is 9.43. The van der Waals surface area contributed by atoms with Gasteiger partial charge >= 0.3 is 0 Å². The Balaban J connectivity index is 1.35. The molecular weight excluding hydrogens is 398 g/mol. The van der Waals surface area contributed by atoms with E-state index >= 15 is 0 Å². The average Bonchev–Trinajstić information content (AvgIpc) is 3.17. The quantitative estimate of drug-likeness (QED) is 0.479. The van der Waals surface area contributed by atoms with Gasteiger partial charge in [-0.25, -0.2) is 13.4 Å². The van der Waals surface area contributed by atoms with E-state index in [-0.39, 0.29) is 0 Å². The van der Waals surface area contributed by atoms with Crippen LogP contribution in [0.5, 0.6) is 11.5 Å². The smallest absolute Gasteiger partial charge is 0.175 e. The van der Waals surface area contributed by atoms with E-state index in [1.54, 1.807) is 18.5 Å². The fraction of sp³-hybridized carbons (Fsp3) is 0.174. The lowest BCUT2D eigenvalue weighted by atomic mass is 10.1. The molecule has 0 atom stereocenters. The molecule has 0 fully saturated rings. The van der Waals surface area contributed by atoms with Crippen LogP contribution in [-0.2, 0) is 22.9 Å². The molecule has 154 valence electrons. The van der Waals surface area contributed by atoms with E-state index in [1.807, 2.05) is 61.6 Å². The predicted octanol–water partition coefficient (Wildman–Crippen LogP) is 4.39. The Labute approximate surface area is 176 Å². The molecule has 1 N–H and O–H groups in total. The van der Waals surface area contributed by atoms with Crippen LogP contribution in [0.25, 0.3) is 11.0 Å². The number of ether oxygens (including phenoxy) is 1. The summed E-state index contributed by atoms with van der Waals surface area (Å²) in [6.07, 6.45) is 2.89. The maximum atomic E-state index is 11.6. The molecule has 7 heteroatoms. The summed E-state index contributed by atoms with van der Waals surface area (Å²) in [7, 11) is -1.13. The van der Waals surface area contributed by atoms with Crippen LogP contribution in [0, 0.1) is 0 Å². The number of benzene rings is 3. The maximum Gasteiger partial charge on any atom is 0.175 e. The molecule has 0 aliphatic heterocycles. The molecule has 0 bridgehead atoms. The van der Waals surface area contributed by atoms with Crippen LogP contribution in [0.2, 0.25) is 0 Å². The van der Waals surface area contributed by atoms with Gasteiger partial charge in [0.05, 0.1) is 22.3 Å². The van der Waals surface area contributed by atoms with E-state index in [1.165, 1.54) is 11.8 Å². The number of fused-ring (bicyclic) bond motifs is 1. The molecule has 0 saturated heterocycles.